The van der Waals surface area contributed by atoms with Gasteiger partial charge in [0, 0.05) is 12.2 Å². The second-order valence-electron chi connectivity index (χ2n) is 3.12. The molecule has 0 radical (unpaired) electrons. The highest BCUT2D eigenvalue weighted by molar-refractivity contribution is 5.85. The standard InChI is InChI=1S/C9H16O3/c1-7(2)6-12-5-4-8(3)9(10)11/h4,7H,5-6H2,1-3H3,(H,10,11). The van der Waals surface area contributed by atoms with Crippen molar-refractivity contribution in [1.29, 1.82) is 0 Å². The van der Waals surface area contributed by atoms with E-state index >= 15 is 0 Å². The molecule has 0 aliphatic rings. The smallest absolute Gasteiger partial charge is 0.331 e. The van der Waals surface area contributed by atoms with Crippen LogP contribution in [-0.2, 0) is 9.53 Å². The van der Waals surface area contributed by atoms with Gasteiger partial charge in [-0.25, -0.2) is 4.79 Å². The second kappa shape index (κ2) is 5.77. The molecule has 0 saturated heterocycles. The predicted octanol–water partition coefficient (Wildman–Crippen LogP) is 1.69. The van der Waals surface area contributed by atoms with Crippen LogP contribution in [0.2, 0.25) is 0 Å². The fourth-order valence-electron chi connectivity index (χ4n) is 0.575. The van der Waals surface area contributed by atoms with E-state index in [-0.39, 0.29) is 0 Å². The number of hydrogen-bond donors (Lipinski definition) is 1. The number of carboxylic acid groups (broad SMARTS) is 1. The molecular formula is C9H16O3. The Morgan fingerprint density at radius 2 is 2.17 bits per heavy atom. The van der Waals surface area contributed by atoms with Crippen molar-refractivity contribution in [2.24, 2.45) is 5.92 Å². The summed E-state index contributed by atoms with van der Waals surface area (Å²) in [5, 5.41) is 8.47. The van der Waals surface area contributed by atoms with Gasteiger partial charge in [-0.1, -0.05) is 13.8 Å². The van der Waals surface area contributed by atoms with Gasteiger partial charge in [0.2, 0.25) is 0 Å². The lowest BCUT2D eigenvalue weighted by Crippen LogP contribution is -2.03. The maximum atomic E-state index is 10.3. The molecule has 0 aromatic heterocycles. The fraction of sp³-hybridized carbons (Fsp3) is 0.667. The summed E-state index contributed by atoms with van der Waals surface area (Å²) in [7, 11) is 0. The molecule has 0 unspecified atom stereocenters. The topological polar surface area (TPSA) is 46.5 Å². The van der Waals surface area contributed by atoms with Crippen LogP contribution in [-0.4, -0.2) is 24.3 Å². The zero-order valence-electron chi connectivity index (χ0n) is 7.83. The molecular weight excluding hydrogens is 156 g/mol. The molecule has 0 saturated carbocycles. The van der Waals surface area contributed by atoms with Crippen LogP contribution in [0.1, 0.15) is 20.8 Å². The van der Waals surface area contributed by atoms with Crippen molar-refractivity contribution in [3.05, 3.63) is 11.6 Å². The molecule has 0 aromatic carbocycles. The van der Waals surface area contributed by atoms with Crippen LogP contribution < -0.4 is 0 Å². The van der Waals surface area contributed by atoms with Gasteiger partial charge in [0.05, 0.1) is 6.61 Å². The Morgan fingerprint density at radius 1 is 1.58 bits per heavy atom. The van der Waals surface area contributed by atoms with Gasteiger partial charge in [-0.15, -0.1) is 0 Å². The van der Waals surface area contributed by atoms with E-state index in [2.05, 4.69) is 0 Å². The molecule has 3 heteroatoms. The van der Waals surface area contributed by atoms with Crippen LogP contribution in [0.15, 0.2) is 11.6 Å². The molecule has 0 atom stereocenters. The average molecular weight is 172 g/mol. The minimum absolute atomic E-state index is 0.332. The maximum absolute atomic E-state index is 10.3. The molecule has 0 aliphatic heterocycles. The molecule has 70 valence electrons. The molecule has 0 aliphatic carbocycles. The molecule has 0 aromatic rings. The highest BCUT2D eigenvalue weighted by Crippen LogP contribution is 1.95. The van der Waals surface area contributed by atoms with E-state index in [1.54, 1.807) is 13.0 Å². The normalized spacial score (nSPS) is 12.2. The van der Waals surface area contributed by atoms with Crippen molar-refractivity contribution in [2.75, 3.05) is 13.2 Å². The summed E-state index contributed by atoms with van der Waals surface area (Å²) in [5.41, 5.74) is 0.332. The third-order valence-electron chi connectivity index (χ3n) is 1.30. The number of ether oxygens (including phenoxy) is 1. The predicted molar refractivity (Wildman–Crippen MR) is 47.0 cm³/mol. The lowest BCUT2D eigenvalue weighted by molar-refractivity contribution is -0.132. The number of rotatable bonds is 5. The molecule has 0 fully saturated rings. The molecule has 0 amide bonds. The lowest BCUT2D eigenvalue weighted by atomic mass is 10.2. The van der Waals surface area contributed by atoms with Crippen molar-refractivity contribution in [2.45, 2.75) is 20.8 Å². The van der Waals surface area contributed by atoms with E-state index in [9.17, 15) is 4.79 Å². The minimum Gasteiger partial charge on any atom is -0.478 e. The Labute approximate surface area is 73.0 Å². The van der Waals surface area contributed by atoms with Gasteiger partial charge in [-0.3, -0.25) is 0 Å². The van der Waals surface area contributed by atoms with Gasteiger partial charge in [0.25, 0.3) is 0 Å². The highest BCUT2D eigenvalue weighted by atomic mass is 16.5. The molecule has 0 heterocycles. The SMILES string of the molecule is CC(=CCOCC(C)C)C(=O)O. The molecule has 12 heavy (non-hydrogen) atoms. The third-order valence-corrected chi connectivity index (χ3v) is 1.30. The summed E-state index contributed by atoms with van der Waals surface area (Å²) in [6.45, 7) is 6.71. The van der Waals surface area contributed by atoms with Gasteiger partial charge >= 0.3 is 5.97 Å². The maximum Gasteiger partial charge on any atom is 0.331 e. The second-order valence-corrected chi connectivity index (χ2v) is 3.12. The van der Waals surface area contributed by atoms with E-state index in [1.165, 1.54) is 0 Å². The molecule has 1 N–H and O–H groups in total. The van der Waals surface area contributed by atoms with Crippen LogP contribution in [0.5, 0.6) is 0 Å². The van der Waals surface area contributed by atoms with Crippen LogP contribution in [0.25, 0.3) is 0 Å². The third kappa shape index (κ3) is 5.92. The average Bonchev–Trinajstić information content (AvgIpc) is 1.97. The molecule has 0 rings (SSSR count). The summed E-state index contributed by atoms with van der Waals surface area (Å²) >= 11 is 0. The molecule has 3 nitrogen and oxygen atoms in total. The summed E-state index contributed by atoms with van der Waals surface area (Å²) in [6, 6.07) is 0. The fourth-order valence-corrected chi connectivity index (χ4v) is 0.575. The summed E-state index contributed by atoms with van der Waals surface area (Å²) < 4.78 is 5.18. The van der Waals surface area contributed by atoms with E-state index in [0.29, 0.717) is 24.7 Å². The largest absolute Gasteiger partial charge is 0.478 e. The lowest BCUT2D eigenvalue weighted by Gasteiger charge is -2.03. The Hall–Kier alpha value is -0.830. The van der Waals surface area contributed by atoms with Crippen molar-refractivity contribution in [3.63, 3.8) is 0 Å². The first kappa shape index (κ1) is 11.2. The van der Waals surface area contributed by atoms with E-state index in [1.807, 2.05) is 13.8 Å². The van der Waals surface area contributed by atoms with Gasteiger partial charge in [-0.05, 0) is 18.9 Å². The molecule has 0 spiro atoms. The Balaban J connectivity index is 3.54. The van der Waals surface area contributed by atoms with Crippen molar-refractivity contribution in [3.8, 4) is 0 Å². The highest BCUT2D eigenvalue weighted by Gasteiger charge is 1.98. The van der Waals surface area contributed by atoms with E-state index in [4.69, 9.17) is 9.84 Å². The van der Waals surface area contributed by atoms with Gasteiger partial charge in [-0.2, -0.15) is 0 Å². The van der Waals surface area contributed by atoms with Crippen LogP contribution >= 0.6 is 0 Å². The zero-order chi connectivity index (χ0) is 9.56. The van der Waals surface area contributed by atoms with Gasteiger partial charge < -0.3 is 9.84 Å². The van der Waals surface area contributed by atoms with Crippen molar-refractivity contribution in [1.82, 2.24) is 0 Å². The summed E-state index contributed by atoms with van der Waals surface area (Å²) in [6.07, 6.45) is 1.57. The van der Waals surface area contributed by atoms with E-state index in [0.717, 1.165) is 0 Å². The van der Waals surface area contributed by atoms with Crippen molar-refractivity contribution < 1.29 is 14.6 Å². The number of hydrogen-bond acceptors (Lipinski definition) is 2. The monoisotopic (exact) mass is 172 g/mol. The summed E-state index contributed by atoms with van der Waals surface area (Å²) in [5.74, 6) is -0.397. The zero-order valence-corrected chi connectivity index (χ0v) is 7.83. The minimum atomic E-state index is -0.886. The first-order valence-electron chi connectivity index (χ1n) is 4.01. The number of carbonyl (C=O) groups is 1. The number of aliphatic carboxylic acids is 1. The molecule has 0 bridgehead atoms. The number of carboxylic acids is 1. The van der Waals surface area contributed by atoms with Crippen LogP contribution in [0.4, 0.5) is 0 Å². The Bertz CT molecular complexity index is 171. The first-order valence-corrected chi connectivity index (χ1v) is 4.01. The first-order chi connectivity index (χ1) is 5.54. The van der Waals surface area contributed by atoms with Gasteiger partial charge in [0.15, 0.2) is 0 Å². The Morgan fingerprint density at radius 3 is 2.58 bits per heavy atom. The van der Waals surface area contributed by atoms with Crippen molar-refractivity contribution >= 4 is 5.97 Å². The summed E-state index contributed by atoms with van der Waals surface area (Å²) in [4.78, 5) is 10.3. The van der Waals surface area contributed by atoms with Crippen LogP contribution in [0, 0.1) is 5.92 Å². The van der Waals surface area contributed by atoms with E-state index < -0.39 is 5.97 Å². The van der Waals surface area contributed by atoms with Gasteiger partial charge in [0.1, 0.15) is 0 Å². The van der Waals surface area contributed by atoms with Crippen LogP contribution in [0.3, 0.4) is 0 Å². The quantitative estimate of drug-likeness (QED) is 0.507. The Kier molecular flexibility index (Phi) is 5.37.